The first-order valence-electron chi connectivity index (χ1n) is 1.79. The van der Waals surface area contributed by atoms with Gasteiger partial charge in [0.05, 0.1) is 0 Å². The molecule has 0 bridgehead atoms. The van der Waals surface area contributed by atoms with E-state index < -0.39 is 0 Å². The van der Waals surface area contributed by atoms with Crippen molar-refractivity contribution < 1.29 is 0 Å². The molecule has 0 aliphatic carbocycles. The van der Waals surface area contributed by atoms with E-state index in [1.165, 1.54) is 0 Å². The van der Waals surface area contributed by atoms with Gasteiger partial charge in [0, 0.05) is 0 Å². The highest BCUT2D eigenvalue weighted by Gasteiger charge is 1.83. The first kappa shape index (κ1) is 3.70. The van der Waals surface area contributed by atoms with Crippen LogP contribution in [0.2, 0.25) is 0 Å². The number of nitrogens with zero attached hydrogens (tertiary/aromatic N) is 2. The van der Waals surface area contributed by atoms with Crippen molar-refractivity contribution in [2.75, 3.05) is 13.3 Å². The van der Waals surface area contributed by atoms with Crippen LogP contribution in [-0.2, 0) is 0 Å². The topological polar surface area (TPSA) is 48.8 Å². The van der Waals surface area contributed by atoms with Crippen LogP contribution in [0.15, 0.2) is 10.2 Å². The number of nitrogens with one attached hydrogen (secondary N) is 2. The molecule has 0 aromatic carbocycles. The molecule has 0 unspecified atom stereocenters. The second kappa shape index (κ2) is 1.84. The maximum atomic E-state index is 3.63. The maximum absolute atomic E-state index is 3.63. The minimum absolute atomic E-state index is 0.597. The number of hydrazine groups is 1. The predicted octanol–water partition coefficient (Wildman–Crippen LogP) is -0.539. The van der Waals surface area contributed by atoms with Crippen molar-refractivity contribution in [2.45, 2.75) is 0 Å². The summed E-state index contributed by atoms with van der Waals surface area (Å²) in [4.78, 5) is 0. The molecule has 34 valence electrons. The van der Waals surface area contributed by atoms with Crippen LogP contribution in [0.4, 0.5) is 0 Å². The Morgan fingerprint density at radius 3 is 1.67 bits per heavy atom. The molecule has 0 aromatic rings. The summed E-state index contributed by atoms with van der Waals surface area (Å²) in [6.07, 6.45) is 0. The lowest BCUT2D eigenvalue weighted by Gasteiger charge is -2.02. The van der Waals surface area contributed by atoms with Gasteiger partial charge < -0.3 is 0 Å². The van der Waals surface area contributed by atoms with Gasteiger partial charge in [-0.3, -0.25) is 0 Å². The van der Waals surface area contributed by atoms with Crippen LogP contribution in [0.3, 0.4) is 0 Å². The molecule has 4 nitrogen and oxygen atoms in total. The van der Waals surface area contributed by atoms with Crippen LogP contribution in [0.1, 0.15) is 0 Å². The highest BCUT2D eigenvalue weighted by atomic mass is 15.5. The summed E-state index contributed by atoms with van der Waals surface area (Å²) in [6, 6.07) is 0. The Kier molecular flexibility index (Phi) is 1.13. The Hall–Kier alpha value is -0.480. The van der Waals surface area contributed by atoms with E-state index in [9.17, 15) is 0 Å². The van der Waals surface area contributed by atoms with Gasteiger partial charge in [0.25, 0.3) is 0 Å². The lowest BCUT2D eigenvalue weighted by atomic mass is 11.1. The van der Waals surface area contributed by atoms with E-state index in [4.69, 9.17) is 0 Å². The zero-order valence-electron chi connectivity index (χ0n) is 3.31. The molecule has 2 N–H and O–H groups in total. The van der Waals surface area contributed by atoms with Gasteiger partial charge in [-0.25, -0.2) is 10.9 Å². The normalized spacial score (nSPS) is 21.3. The van der Waals surface area contributed by atoms with Gasteiger partial charge in [-0.2, -0.15) is 10.2 Å². The first-order chi connectivity index (χ1) is 3.00. The Balaban J connectivity index is 2.26. The van der Waals surface area contributed by atoms with Crippen molar-refractivity contribution in [3.8, 4) is 0 Å². The second-order valence-electron chi connectivity index (χ2n) is 0.953. The minimum atomic E-state index is 0.597. The Bertz CT molecular complexity index is 50.6. The highest BCUT2D eigenvalue weighted by Crippen LogP contribution is 1.72. The van der Waals surface area contributed by atoms with E-state index in [1.807, 2.05) is 0 Å². The molecule has 0 saturated heterocycles. The Morgan fingerprint density at radius 2 is 1.50 bits per heavy atom. The predicted molar refractivity (Wildman–Crippen MR) is 20.9 cm³/mol. The second-order valence-corrected chi connectivity index (χ2v) is 0.953. The molecule has 1 aliphatic heterocycles. The summed E-state index contributed by atoms with van der Waals surface area (Å²) < 4.78 is 0. The summed E-state index contributed by atoms with van der Waals surface area (Å²) in [5, 5.41) is 7.26. The molecule has 0 fully saturated rings. The summed E-state index contributed by atoms with van der Waals surface area (Å²) in [7, 11) is 0. The van der Waals surface area contributed by atoms with E-state index in [1.54, 1.807) is 0 Å². The summed E-state index contributed by atoms with van der Waals surface area (Å²) >= 11 is 0. The third-order valence-electron chi connectivity index (χ3n) is 0.525. The van der Waals surface area contributed by atoms with E-state index in [2.05, 4.69) is 21.1 Å². The van der Waals surface area contributed by atoms with Crippen LogP contribution in [0, 0.1) is 0 Å². The monoisotopic (exact) mass is 86.1 g/mol. The summed E-state index contributed by atoms with van der Waals surface area (Å²) in [5.74, 6) is 0. The molecule has 0 atom stereocenters. The van der Waals surface area contributed by atoms with Gasteiger partial charge in [0.15, 0.2) is 0 Å². The fraction of sp³-hybridized carbons (Fsp3) is 1.00. The van der Waals surface area contributed by atoms with E-state index >= 15 is 0 Å². The largest absolute Gasteiger partial charge is 0.233 e. The van der Waals surface area contributed by atoms with Crippen molar-refractivity contribution >= 4 is 0 Å². The molecule has 1 rings (SSSR count). The van der Waals surface area contributed by atoms with E-state index in [-0.39, 0.29) is 0 Å². The number of rotatable bonds is 0. The molecule has 0 spiro atoms. The first-order valence-corrected chi connectivity index (χ1v) is 1.79. The lowest BCUT2D eigenvalue weighted by molar-refractivity contribution is 0.487. The van der Waals surface area contributed by atoms with E-state index in [0.29, 0.717) is 13.3 Å². The van der Waals surface area contributed by atoms with Crippen molar-refractivity contribution in [3.63, 3.8) is 0 Å². The summed E-state index contributed by atoms with van der Waals surface area (Å²) in [5.41, 5.74) is 5.55. The van der Waals surface area contributed by atoms with Crippen LogP contribution in [0.25, 0.3) is 0 Å². The zero-order valence-corrected chi connectivity index (χ0v) is 3.31. The van der Waals surface area contributed by atoms with Gasteiger partial charge in [-0.15, -0.1) is 0 Å². The van der Waals surface area contributed by atoms with Crippen LogP contribution in [0.5, 0.6) is 0 Å². The van der Waals surface area contributed by atoms with Gasteiger partial charge in [-0.1, -0.05) is 0 Å². The molecular formula is C2H6N4. The number of hydrogen-bond acceptors (Lipinski definition) is 4. The molecule has 1 aliphatic rings. The summed E-state index contributed by atoms with van der Waals surface area (Å²) in [6.45, 7) is 1.19. The third kappa shape index (κ3) is 0.734. The average Bonchev–Trinajstić information content (AvgIpc) is 1.72. The molecule has 1 heterocycles. The smallest absolute Gasteiger partial charge is 0.122 e. The van der Waals surface area contributed by atoms with Crippen molar-refractivity contribution in [1.82, 2.24) is 10.9 Å². The third-order valence-corrected chi connectivity index (χ3v) is 0.525. The van der Waals surface area contributed by atoms with Gasteiger partial charge in [0.1, 0.15) is 13.3 Å². The number of hydrogen-bond donors (Lipinski definition) is 2. The van der Waals surface area contributed by atoms with Gasteiger partial charge in [0.2, 0.25) is 0 Å². The maximum Gasteiger partial charge on any atom is 0.122 e. The number of azo groups is 1. The van der Waals surface area contributed by atoms with E-state index in [0.717, 1.165) is 0 Å². The van der Waals surface area contributed by atoms with Crippen LogP contribution < -0.4 is 10.9 Å². The van der Waals surface area contributed by atoms with Crippen LogP contribution >= 0.6 is 0 Å². The molecule has 0 amide bonds. The minimum Gasteiger partial charge on any atom is -0.233 e. The van der Waals surface area contributed by atoms with Gasteiger partial charge in [-0.05, 0) is 0 Å². The van der Waals surface area contributed by atoms with Crippen LogP contribution in [-0.4, -0.2) is 13.3 Å². The van der Waals surface area contributed by atoms with Gasteiger partial charge >= 0.3 is 0 Å². The fourth-order valence-corrected chi connectivity index (χ4v) is 0.283. The quantitative estimate of drug-likeness (QED) is 0.416. The molecule has 6 heavy (non-hydrogen) atoms. The Morgan fingerprint density at radius 1 is 1.00 bits per heavy atom. The lowest BCUT2D eigenvalue weighted by Crippen LogP contribution is -2.34. The molecular weight excluding hydrogens is 80.1 g/mol. The van der Waals surface area contributed by atoms with Crippen molar-refractivity contribution in [2.24, 2.45) is 10.2 Å². The highest BCUT2D eigenvalue weighted by molar-refractivity contribution is 4.39. The van der Waals surface area contributed by atoms with Crippen molar-refractivity contribution in [3.05, 3.63) is 0 Å². The molecule has 0 aromatic heterocycles. The molecule has 0 radical (unpaired) electrons. The fourth-order valence-electron chi connectivity index (χ4n) is 0.283. The average molecular weight is 86.1 g/mol. The zero-order chi connectivity index (χ0) is 4.24. The SMILES string of the molecule is C1N=NCNN1. The Labute approximate surface area is 35.6 Å². The molecule has 4 heteroatoms. The molecule has 0 saturated carbocycles. The standard InChI is InChI=1S/C2H6N4/c1-3-5-2-6-4-1/h3,5H,1-2H2. The van der Waals surface area contributed by atoms with Crippen molar-refractivity contribution in [1.29, 1.82) is 0 Å².